The van der Waals surface area contributed by atoms with Crippen molar-refractivity contribution < 1.29 is 9.59 Å². The molecule has 9 heteroatoms. The number of aromatic nitrogens is 2. The van der Waals surface area contributed by atoms with E-state index in [0.29, 0.717) is 16.8 Å². The normalized spacial score (nSPS) is 22.0. The Morgan fingerprint density at radius 3 is 2.44 bits per heavy atom. The van der Waals surface area contributed by atoms with Crippen LogP contribution < -0.4 is 21.9 Å². The summed E-state index contributed by atoms with van der Waals surface area (Å²) in [5.74, 6) is 0.0610. The lowest BCUT2D eigenvalue weighted by atomic mass is 9.81. The first kappa shape index (κ1) is 22.8. The van der Waals surface area contributed by atoms with E-state index in [1.807, 2.05) is 0 Å². The van der Waals surface area contributed by atoms with E-state index in [-0.39, 0.29) is 41.8 Å². The Morgan fingerprint density at radius 2 is 1.75 bits per heavy atom. The van der Waals surface area contributed by atoms with Crippen LogP contribution in [0.25, 0.3) is 10.2 Å². The van der Waals surface area contributed by atoms with E-state index in [2.05, 4.69) is 10.6 Å². The molecule has 0 saturated heterocycles. The van der Waals surface area contributed by atoms with Gasteiger partial charge in [0.2, 0.25) is 11.8 Å². The van der Waals surface area contributed by atoms with Crippen molar-refractivity contribution in [2.45, 2.75) is 76.9 Å². The van der Waals surface area contributed by atoms with Gasteiger partial charge >= 0.3 is 5.69 Å². The zero-order valence-corrected chi connectivity index (χ0v) is 19.4. The quantitative estimate of drug-likeness (QED) is 0.690. The smallest absolute Gasteiger partial charge is 0.332 e. The zero-order valence-electron chi connectivity index (χ0n) is 18.6. The molecule has 2 aromatic heterocycles. The minimum absolute atomic E-state index is 0.00730. The first-order valence-corrected chi connectivity index (χ1v) is 12.6. The molecule has 0 atom stereocenters. The van der Waals surface area contributed by atoms with Crippen molar-refractivity contribution in [3.8, 4) is 0 Å². The lowest BCUT2D eigenvalue weighted by Gasteiger charge is -2.27. The van der Waals surface area contributed by atoms with Gasteiger partial charge in [0, 0.05) is 25.6 Å². The van der Waals surface area contributed by atoms with E-state index in [1.165, 1.54) is 26.9 Å². The molecule has 32 heavy (non-hydrogen) atoms. The Labute approximate surface area is 191 Å². The highest BCUT2D eigenvalue weighted by Crippen LogP contribution is 2.29. The van der Waals surface area contributed by atoms with E-state index in [1.54, 1.807) is 18.5 Å². The minimum Gasteiger partial charge on any atom is -0.359 e. The molecule has 0 radical (unpaired) electrons. The van der Waals surface area contributed by atoms with Gasteiger partial charge in [-0.1, -0.05) is 19.3 Å². The lowest BCUT2D eigenvalue weighted by Crippen LogP contribution is -2.45. The summed E-state index contributed by atoms with van der Waals surface area (Å²) in [5, 5.41) is 7.56. The first-order chi connectivity index (χ1) is 15.5. The SMILES string of the molecule is CNC(=O)C1CCC(Cn2c(=O)c3sccc3n(CC(=O)NC3CCCCC3)c2=O)CC1. The molecule has 2 heterocycles. The molecule has 2 amide bonds. The van der Waals surface area contributed by atoms with Crippen LogP contribution in [0.4, 0.5) is 0 Å². The van der Waals surface area contributed by atoms with Crippen molar-refractivity contribution in [2.75, 3.05) is 7.05 Å². The van der Waals surface area contributed by atoms with Crippen molar-refractivity contribution in [3.05, 3.63) is 32.3 Å². The Balaban J connectivity index is 1.53. The summed E-state index contributed by atoms with van der Waals surface area (Å²) in [4.78, 5) is 51.0. The minimum atomic E-state index is -0.423. The number of carbonyl (C=O) groups excluding carboxylic acids is 2. The van der Waals surface area contributed by atoms with Crippen LogP contribution in [-0.2, 0) is 22.7 Å². The van der Waals surface area contributed by atoms with Crippen molar-refractivity contribution in [1.82, 2.24) is 19.8 Å². The number of nitrogens with one attached hydrogen (secondary N) is 2. The van der Waals surface area contributed by atoms with Crippen molar-refractivity contribution in [3.63, 3.8) is 0 Å². The fraction of sp³-hybridized carbons (Fsp3) is 0.652. The largest absolute Gasteiger partial charge is 0.359 e. The fourth-order valence-corrected chi connectivity index (χ4v) is 6.02. The maximum atomic E-state index is 13.3. The number of amides is 2. The van der Waals surface area contributed by atoms with Gasteiger partial charge in [0.15, 0.2) is 0 Å². The van der Waals surface area contributed by atoms with Crippen LogP contribution in [-0.4, -0.2) is 34.0 Å². The first-order valence-electron chi connectivity index (χ1n) is 11.7. The fourth-order valence-electron chi connectivity index (χ4n) is 5.18. The summed E-state index contributed by atoms with van der Waals surface area (Å²) in [6.07, 6.45) is 8.52. The summed E-state index contributed by atoms with van der Waals surface area (Å²) in [5.41, 5.74) is -0.172. The number of hydrogen-bond donors (Lipinski definition) is 2. The second-order valence-electron chi connectivity index (χ2n) is 9.15. The molecule has 0 unspecified atom stereocenters. The van der Waals surface area contributed by atoms with Crippen LogP contribution in [0, 0.1) is 11.8 Å². The zero-order chi connectivity index (χ0) is 22.7. The van der Waals surface area contributed by atoms with Crippen LogP contribution in [0.3, 0.4) is 0 Å². The average molecular weight is 461 g/mol. The van der Waals surface area contributed by atoms with Gasteiger partial charge in [-0.3, -0.25) is 23.5 Å². The molecule has 2 saturated carbocycles. The molecule has 2 fully saturated rings. The van der Waals surface area contributed by atoms with Gasteiger partial charge in [-0.15, -0.1) is 11.3 Å². The number of thiophene rings is 1. The van der Waals surface area contributed by atoms with Gasteiger partial charge in [0.1, 0.15) is 11.2 Å². The molecule has 174 valence electrons. The molecule has 2 aliphatic rings. The second-order valence-corrected chi connectivity index (χ2v) is 10.1. The highest BCUT2D eigenvalue weighted by atomic mass is 32.1. The predicted octanol–water partition coefficient (Wildman–Crippen LogP) is 2.23. The Morgan fingerprint density at radius 1 is 1.03 bits per heavy atom. The number of fused-ring (bicyclic) bond motifs is 1. The molecule has 0 aliphatic heterocycles. The number of hydrogen-bond acceptors (Lipinski definition) is 5. The predicted molar refractivity (Wildman–Crippen MR) is 125 cm³/mol. The number of nitrogens with zero attached hydrogens (tertiary/aromatic N) is 2. The standard InChI is InChI=1S/C23H32N4O4S/c1-24-21(29)16-9-7-15(8-10-16)13-27-22(30)20-18(11-12-32-20)26(23(27)31)14-19(28)25-17-5-3-2-4-6-17/h11-12,15-17H,2-10,13-14H2,1H3,(H,24,29)(H,25,28). The van der Waals surface area contributed by atoms with E-state index in [9.17, 15) is 19.2 Å². The summed E-state index contributed by atoms with van der Waals surface area (Å²) in [6, 6.07) is 1.92. The average Bonchev–Trinajstić information content (AvgIpc) is 3.30. The Kier molecular flexibility index (Phi) is 7.13. The van der Waals surface area contributed by atoms with Crippen LogP contribution in [0.1, 0.15) is 57.8 Å². The van der Waals surface area contributed by atoms with Crippen LogP contribution >= 0.6 is 11.3 Å². The Hall–Kier alpha value is -2.42. The molecule has 0 spiro atoms. The van der Waals surface area contributed by atoms with Gasteiger partial charge in [-0.2, -0.15) is 0 Å². The van der Waals surface area contributed by atoms with E-state index >= 15 is 0 Å². The van der Waals surface area contributed by atoms with Gasteiger partial charge in [-0.25, -0.2) is 4.79 Å². The van der Waals surface area contributed by atoms with Crippen molar-refractivity contribution >= 4 is 33.4 Å². The monoisotopic (exact) mass is 460 g/mol. The summed E-state index contributed by atoms with van der Waals surface area (Å²) in [7, 11) is 1.65. The molecule has 0 aromatic carbocycles. The lowest BCUT2D eigenvalue weighted by molar-refractivity contribution is -0.125. The third kappa shape index (κ3) is 4.82. The van der Waals surface area contributed by atoms with Gasteiger partial charge in [-0.05, 0) is 55.9 Å². The third-order valence-corrected chi connectivity index (χ3v) is 7.90. The Bertz CT molecular complexity index is 1090. The van der Waals surface area contributed by atoms with E-state index < -0.39 is 5.69 Å². The summed E-state index contributed by atoms with van der Waals surface area (Å²) >= 11 is 1.31. The summed E-state index contributed by atoms with van der Waals surface area (Å²) < 4.78 is 3.26. The third-order valence-electron chi connectivity index (χ3n) is 7.01. The van der Waals surface area contributed by atoms with Crippen LogP contribution in [0.15, 0.2) is 21.0 Å². The highest BCUT2D eigenvalue weighted by molar-refractivity contribution is 7.17. The molecule has 0 bridgehead atoms. The number of carbonyl (C=O) groups is 2. The molecule has 8 nitrogen and oxygen atoms in total. The second kappa shape index (κ2) is 10.0. The molecule has 2 aliphatic carbocycles. The van der Waals surface area contributed by atoms with Crippen LogP contribution in [0.5, 0.6) is 0 Å². The highest BCUT2D eigenvalue weighted by Gasteiger charge is 2.27. The molecule has 2 N–H and O–H groups in total. The molecular formula is C23H32N4O4S. The maximum absolute atomic E-state index is 13.3. The number of rotatable bonds is 6. The van der Waals surface area contributed by atoms with Crippen LogP contribution in [0.2, 0.25) is 0 Å². The van der Waals surface area contributed by atoms with Crippen molar-refractivity contribution in [2.24, 2.45) is 11.8 Å². The van der Waals surface area contributed by atoms with Crippen molar-refractivity contribution in [1.29, 1.82) is 0 Å². The van der Waals surface area contributed by atoms with E-state index in [0.717, 1.165) is 51.4 Å². The van der Waals surface area contributed by atoms with E-state index in [4.69, 9.17) is 0 Å². The maximum Gasteiger partial charge on any atom is 0.332 e. The molecular weight excluding hydrogens is 428 g/mol. The molecule has 2 aromatic rings. The molecule has 4 rings (SSSR count). The topological polar surface area (TPSA) is 102 Å². The van der Waals surface area contributed by atoms with Gasteiger partial charge in [0.25, 0.3) is 5.56 Å². The van der Waals surface area contributed by atoms with Gasteiger partial charge in [0.05, 0.1) is 5.52 Å². The van der Waals surface area contributed by atoms with Gasteiger partial charge < -0.3 is 10.6 Å². The summed E-state index contributed by atoms with van der Waals surface area (Å²) in [6.45, 7) is 0.252.